The molecule has 0 saturated carbocycles. The minimum Gasteiger partial charge on any atom is -0.493 e. The van der Waals surface area contributed by atoms with E-state index in [1.807, 2.05) is 48.5 Å². The molecule has 0 saturated heterocycles. The maximum atomic E-state index is 5.99. The number of rotatable bonds is 6. The highest BCUT2D eigenvalue weighted by Gasteiger charge is 2.15. The van der Waals surface area contributed by atoms with E-state index in [1.165, 1.54) is 0 Å². The second kappa shape index (κ2) is 6.96. The van der Waals surface area contributed by atoms with Crippen LogP contribution in [0.15, 0.2) is 48.5 Å². The van der Waals surface area contributed by atoms with Gasteiger partial charge in [-0.2, -0.15) is 0 Å². The number of benzene rings is 2. The Hall–Kier alpha value is -2.00. The summed E-state index contributed by atoms with van der Waals surface area (Å²) in [6, 6.07) is 16.0. The van der Waals surface area contributed by atoms with Gasteiger partial charge >= 0.3 is 0 Å². The lowest BCUT2D eigenvalue weighted by Crippen LogP contribution is -2.11. The summed E-state index contributed by atoms with van der Waals surface area (Å²) in [7, 11) is 1.65. The molecular weight excluding hydrogens is 250 g/mol. The SMILES string of the molecule is COc1cccc(C(C)CN)c1OCc1ccccc1. The lowest BCUT2D eigenvalue weighted by atomic mass is 10.00. The molecular formula is C17H21NO2. The van der Waals surface area contributed by atoms with Crippen LogP contribution < -0.4 is 15.2 Å². The average Bonchev–Trinajstić information content (AvgIpc) is 2.52. The highest BCUT2D eigenvalue weighted by Crippen LogP contribution is 2.35. The fourth-order valence-electron chi connectivity index (χ4n) is 2.09. The minimum absolute atomic E-state index is 0.232. The van der Waals surface area contributed by atoms with Crippen molar-refractivity contribution >= 4 is 0 Å². The molecule has 0 aliphatic carbocycles. The van der Waals surface area contributed by atoms with Crippen molar-refractivity contribution in [3.8, 4) is 11.5 Å². The molecule has 2 rings (SSSR count). The van der Waals surface area contributed by atoms with Crippen LogP contribution in [0.5, 0.6) is 11.5 Å². The number of nitrogens with two attached hydrogens (primary N) is 1. The lowest BCUT2D eigenvalue weighted by Gasteiger charge is -2.18. The fourth-order valence-corrected chi connectivity index (χ4v) is 2.09. The zero-order valence-electron chi connectivity index (χ0n) is 12.0. The van der Waals surface area contributed by atoms with Crippen LogP contribution in [-0.4, -0.2) is 13.7 Å². The molecule has 106 valence electrons. The molecule has 0 amide bonds. The summed E-state index contributed by atoms with van der Waals surface area (Å²) < 4.78 is 11.4. The first kappa shape index (κ1) is 14.4. The minimum atomic E-state index is 0.232. The third kappa shape index (κ3) is 3.31. The van der Waals surface area contributed by atoms with Gasteiger partial charge in [0.25, 0.3) is 0 Å². The highest BCUT2D eigenvalue weighted by molar-refractivity contribution is 5.48. The summed E-state index contributed by atoms with van der Waals surface area (Å²) in [6.45, 7) is 3.19. The van der Waals surface area contributed by atoms with Crippen LogP contribution in [0.3, 0.4) is 0 Å². The molecule has 20 heavy (non-hydrogen) atoms. The van der Waals surface area contributed by atoms with E-state index in [4.69, 9.17) is 15.2 Å². The molecule has 0 aromatic heterocycles. The molecule has 0 aliphatic rings. The lowest BCUT2D eigenvalue weighted by molar-refractivity contribution is 0.280. The Morgan fingerprint density at radius 1 is 1.05 bits per heavy atom. The molecule has 3 heteroatoms. The monoisotopic (exact) mass is 271 g/mol. The molecule has 0 bridgehead atoms. The number of methoxy groups -OCH3 is 1. The van der Waals surface area contributed by atoms with Gasteiger partial charge in [-0.3, -0.25) is 0 Å². The van der Waals surface area contributed by atoms with Gasteiger partial charge in [-0.25, -0.2) is 0 Å². The number of ether oxygens (including phenoxy) is 2. The normalized spacial score (nSPS) is 11.9. The third-order valence-corrected chi connectivity index (χ3v) is 3.34. The molecule has 0 heterocycles. The Bertz CT molecular complexity index is 540. The zero-order valence-corrected chi connectivity index (χ0v) is 12.0. The largest absolute Gasteiger partial charge is 0.493 e. The van der Waals surface area contributed by atoms with E-state index in [-0.39, 0.29) is 5.92 Å². The maximum absolute atomic E-state index is 5.99. The molecule has 2 N–H and O–H groups in total. The predicted molar refractivity (Wildman–Crippen MR) is 81.2 cm³/mol. The van der Waals surface area contributed by atoms with Crippen molar-refractivity contribution in [3.63, 3.8) is 0 Å². The topological polar surface area (TPSA) is 44.5 Å². The first-order valence-corrected chi connectivity index (χ1v) is 6.80. The Morgan fingerprint density at radius 2 is 1.80 bits per heavy atom. The predicted octanol–water partition coefficient (Wildman–Crippen LogP) is 3.34. The van der Waals surface area contributed by atoms with Gasteiger partial charge in [0.1, 0.15) is 6.61 Å². The summed E-state index contributed by atoms with van der Waals surface area (Å²) in [5.41, 5.74) is 7.99. The Labute approximate surface area is 120 Å². The molecule has 0 aliphatic heterocycles. The van der Waals surface area contributed by atoms with Gasteiger partial charge in [0.05, 0.1) is 7.11 Å². The summed E-state index contributed by atoms with van der Waals surface area (Å²) in [5.74, 6) is 1.77. The van der Waals surface area contributed by atoms with Crippen molar-refractivity contribution in [3.05, 3.63) is 59.7 Å². The van der Waals surface area contributed by atoms with Gasteiger partial charge in [0, 0.05) is 5.56 Å². The van der Waals surface area contributed by atoms with E-state index < -0.39 is 0 Å². The molecule has 1 atom stereocenters. The van der Waals surface area contributed by atoms with Crippen molar-refractivity contribution in [2.24, 2.45) is 5.73 Å². The van der Waals surface area contributed by atoms with Gasteiger partial charge < -0.3 is 15.2 Å². The van der Waals surface area contributed by atoms with E-state index >= 15 is 0 Å². The van der Waals surface area contributed by atoms with E-state index in [0.29, 0.717) is 13.2 Å². The van der Waals surface area contributed by atoms with Crippen molar-refractivity contribution < 1.29 is 9.47 Å². The zero-order chi connectivity index (χ0) is 14.4. The molecule has 3 nitrogen and oxygen atoms in total. The Morgan fingerprint density at radius 3 is 2.45 bits per heavy atom. The number of para-hydroxylation sites is 1. The molecule has 2 aromatic carbocycles. The molecule has 1 unspecified atom stereocenters. The van der Waals surface area contributed by atoms with Gasteiger partial charge in [0.15, 0.2) is 11.5 Å². The number of hydrogen-bond acceptors (Lipinski definition) is 3. The first-order valence-electron chi connectivity index (χ1n) is 6.80. The summed E-state index contributed by atoms with van der Waals surface area (Å²) in [4.78, 5) is 0. The third-order valence-electron chi connectivity index (χ3n) is 3.34. The van der Waals surface area contributed by atoms with Gasteiger partial charge in [-0.05, 0) is 24.1 Å². The van der Waals surface area contributed by atoms with Crippen LogP contribution in [0, 0.1) is 0 Å². The van der Waals surface area contributed by atoms with Crippen LogP contribution in [-0.2, 0) is 6.61 Å². The van der Waals surface area contributed by atoms with Crippen molar-refractivity contribution in [1.29, 1.82) is 0 Å². The molecule has 2 aromatic rings. The van der Waals surface area contributed by atoms with E-state index in [1.54, 1.807) is 7.11 Å². The van der Waals surface area contributed by atoms with E-state index in [2.05, 4.69) is 6.92 Å². The Balaban J connectivity index is 2.24. The second-order valence-electron chi connectivity index (χ2n) is 4.79. The van der Waals surface area contributed by atoms with E-state index in [9.17, 15) is 0 Å². The molecule has 0 spiro atoms. The quantitative estimate of drug-likeness (QED) is 0.876. The standard InChI is InChI=1S/C17H21NO2/c1-13(11-18)15-9-6-10-16(19-2)17(15)20-12-14-7-4-3-5-8-14/h3-10,13H,11-12,18H2,1-2H3. The van der Waals surface area contributed by atoms with E-state index in [0.717, 1.165) is 22.6 Å². The van der Waals surface area contributed by atoms with Gasteiger partial charge in [0.2, 0.25) is 0 Å². The van der Waals surface area contributed by atoms with Gasteiger partial charge in [-0.1, -0.05) is 49.4 Å². The van der Waals surface area contributed by atoms with Crippen molar-refractivity contribution in [1.82, 2.24) is 0 Å². The fraction of sp³-hybridized carbons (Fsp3) is 0.294. The second-order valence-corrected chi connectivity index (χ2v) is 4.79. The van der Waals surface area contributed by atoms with Crippen LogP contribution in [0.25, 0.3) is 0 Å². The molecule has 0 radical (unpaired) electrons. The smallest absolute Gasteiger partial charge is 0.165 e. The maximum Gasteiger partial charge on any atom is 0.165 e. The van der Waals surface area contributed by atoms with Crippen LogP contribution in [0.1, 0.15) is 24.0 Å². The molecule has 0 fully saturated rings. The highest BCUT2D eigenvalue weighted by atomic mass is 16.5. The van der Waals surface area contributed by atoms with Crippen molar-refractivity contribution in [2.45, 2.75) is 19.4 Å². The van der Waals surface area contributed by atoms with Gasteiger partial charge in [-0.15, -0.1) is 0 Å². The summed E-state index contributed by atoms with van der Waals surface area (Å²) in [6.07, 6.45) is 0. The summed E-state index contributed by atoms with van der Waals surface area (Å²) >= 11 is 0. The van der Waals surface area contributed by atoms with Crippen LogP contribution in [0.4, 0.5) is 0 Å². The Kier molecular flexibility index (Phi) is 5.02. The van der Waals surface area contributed by atoms with Crippen molar-refractivity contribution in [2.75, 3.05) is 13.7 Å². The number of hydrogen-bond donors (Lipinski definition) is 1. The van der Waals surface area contributed by atoms with Crippen LogP contribution >= 0.6 is 0 Å². The average molecular weight is 271 g/mol. The first-order chi connectivity index (χ1) is 9.76. The van der Waals surface area contributed by atoms with Crippen LogP contribution in [0.2, 0.25) is 0 Å². The summed E-state index contributed by atoms with van der Waals surface area (Å²) in [5, 5.41) is 0.